The van der Waals surface area contributed by atoms with E-state index in [1.165, 1.54) is 24.3 Å². The normalized spacial score (nSPS) is 15.7. The molecule has 0 bridgehead atoms. The summed E-state index contributed by atoms with van der Waals surface area (Å²) in [4.78, 5) is 23.9. The molecule has 0 unspecified atom stereocenters. The van der Waals surface area contributed by atoms with E-state index in [0.29, 0.717) is 22.9 Å². The van der Waals surface area contributed by atoms with Gasteiger partial charge in [0.25, 0.3) is 5.91 Å². The van der Waals surface area contributed by atoms with Crippen LogP contribution in [-0.2, 0) is 20.7 Å². The number of fused-ring (bicyclic) bond motifs is 1. The topological polar surface area (TPSA) is 64.6 Å². The molecule has 25 heavy (non-hydrogen) atoms. The van der Waals surface area contributed by atoms with Gasteiger partial charge in [-0.05, 0) is 54.4 Å². The number of carbonyl (C=O) groups excluding carboxylic acids is 2. The number of ether oxygens (including phenoxy) is 2. The second-order valence-corrected chi connectivity index (χ2v) is 6.06. The van der Waals surface area contributed by atoms with Crippen LogP contribution in [0.3, 0.4) is 0 Å². The Balaban J connectivity index is 1.51. The fourth-order valence-electron chi connectivity index (χ4n) is 2.50. The molecule has 0 saturated carbocycles. The van der Waals surface area contributed by atoms with Crippen LogP contribution in [0, 0.1) is 11.7 Å². The summed E-state index contributed by atoms with van der Waals surface area (Å²) in [5, 5.41) is 3.08. The summed E-state index contributed by atoms with van der Waals surface area (Å²) < 4.78 is 23.4. The van der Waals surface area contributed by atoms with Gasteiger partial charge in [-0.3, -0.25) is 9.59 Å². The van der Waals surface area contributed by atoms with Crippen LogP contribution < -0.4 is 10.1 Å². The highest BCUT2D eigenvalue weighted by Gasteiger charge is 2.27. The minimum atomic E-state index is -0.514. The lowest BCUT2D eigenvalue weighted by molar-refractivity contribution is -0.152. The SMILES string of the molecule is O=C(COC(=O)[C@H]1COc2ccc(Cl)cc2C1)Nc1ccc(F)cc1. The van der Waals surface area contributed by atoms with E-state index in [1.807, 2.05) is 0 Å². The fraction of sp³-hybridized carbons (Fsp3) is 0.222. The van der Waals surface area contributed by atoms with Gasteiger partial charge < -0.3 is 14.8 Å². The van der Waals surface area contributed by atoms with Crippen molar-refractivity contribution in [2.75, 3.05) is 18.5 Å². The molecular weight excluding hydrogens is 349 g/mol. The summed E-state index contributed by atoms with van der Waals surface area (Å²) in [5.74, 6) is -1.21. The third kappa shape index (κ3) is 4.48. The number of carbonyl (C=O) groups is 2. The first-order chi connectivity index (χ1) is 12.0. The highest BCUT2D eigenvalue weighted by atomic mass is 35.5. The second kappa shape index (κ2) is 7.53. The first-order valence-electron chi connectivity index (χ1n) is 7.64. The molecule has 5 nitrogen and oxygen atoms in total. The first-order valence-corrected chi connectivity index (χ1v) is 8.02. The molecule has 3 rings (SSSR count). The van der Waals surface area contributed by atoms with Crippen molar-refractivity contribution in [3.8, 4) is 5.75 Å². The van der Waals surface area contributed by atoms with E-state index in [4.69, 9.17) is 21.1 Å². The third-order valence-corrected chi connectivity index (χ3v) is 3.97. The minimum Gasteiger partial charge on any atom is -0.492 e. The maximum atomic E-state index is 12.8. The van der Waals surface area contributed by atoms with Gasteiger partial charge in [0.05, 0.1) is 5.92 Å². The van der Waals surface area contributed by atoms with Gasteiger partial charge in [-0.15, -0.1) is 0 Å². The summed E-state index contributed by atoms with van der Waals surface area (Å²) in [7, 11) is 0. The van der Waals surface area contributed by atoms with Crippen molar-refractivity contribution in [3.63, 3.8) is 0 Å². The quantitative estimate of drug-likeness (QED) is 0.847. The van der Waals surface area contributed by atoms with Crippen molar-refractivity contribution in [2.45, 2.75) is 6.42 Å². The highest BCUT2D eigenvalue weighted by molar-refractivity contribution is 6.30. The molecule has 0 aliphatic carbocycles. The zero-order chi connectivity index (χ0) is 17.8. The number of anilines is 1. The summed E-state index contributed by atoms with van der Waals surface area (Å²) in [6.45, 7) is -0.234. The van der Waals surface area contributed by atoms with E-state index in [9.17, 15) is 14.0 Å². The molecule has 1 heterocycles. The van der Waals surface area contributed by atoms with Gasteiger partial charge in [-0.2, -0.15) is 0 Å². The molecule has 0 saturated heterocycles. The molecule has 1 aliphatic heterocycles. The van der Waals surface area contributed by atoms with Crippen molar-refractivity contribution >= 4 is 29.2 Å². The molecule has 2 aromatic carbocycles. The van der Waals surface area contributed by atoms with Gasteiger partial charge in [-0.25, -0.2) is 4.39 Å². The van der Waals surface area contributed by atoms with E-state index in [0.717, 1.165) is 5.56 Å². The molecule has 1 atom stereocenters. The average Bonchev–Trinajstić information content (AvgIpc) is 2.61. The Labute approximate surface area is 148 Å². The van der Waals surface area contributed by atoms with Gasteiger partial charge >= 0.3 is 5.97 Å². The number of hydrogen-bond acceptors (Lipinski definition) is 4. The van der Waals surface area contributed by atoms with Crippen LogP contribution in [0.2, 0.25) is 5.02 Å². The van der Waals surface area contributed by atoms with Crippen LogP contribution in [0.1, 0.15) is 5.56 Å². The van der Waals surface area contributed by atoms with Gasteiger partial charge in [-0.1, -0.05) is 11.6 Å². The molecule has 1 aliphatic rings. The Morgan fingerprint density at radius 3 is 2.76 bits per heavy atom. The van der Waals surface area contributed by atoms with Crippen molar-refractivity contribution in [1.29, 1.82) is 0 Å². The summed E-state index contributed by atoms with van der Waals surface area (Å²) in [6, 6.07) is 10.5. The molecule has 0 radical (unpaired) electrons. The standard InChI is InChI=1S/C18H15ClFNO4/c19-13-1-6-16-11(8-13)7-12(9-24-16)18(23)25-10-17(22)21-15-4-2-14(20)3-5-15/h1-6,8,12H,7,9-10H2,(H,21,22)/t12-/m1/s1. The van der Waals surface area contributed by atoms with Crippen LogP contribution in [0.25, 0.3) is 0 Å². The van der Waals surface area contributed by atoms with E-state index in [-0.39, 0.29) is 6.61 Å². The number of esters is 1. The minimum absolute atomic E-state index is 0.188. The number of hydrogen-bond donors (Lipinski definition) is 1. The zero-order valence-electron chi connectivity index (χ0n) is 13.1. The van der Waals surface area contributed by atoms with Gasteiger partial charge in [0, 0.05) is 10.7 Å². The molecule has 2 aromatic rings. The molecule has 0 spiro atoms. The molecule has 130 valence electrons. The van der Waals surface area contributed by atoms with Gasteiger partial charge in [0.2, 0.25) is 0 Å². The lowest BCUT2D eigenvalue weighted by Gasteiger charge is -2.24. The number of rotatable bonds is 4. The predicted molar refractivity (Wildman–Crippen MR) is 90.1 cm³/mol. The number of benzene rings is 2. The smallest absolute Gasteiger partial charge is 0.313 e. The Morgan fingerprint density at radius 1 is 1.24 bits per heavy atom. The molecule has 1 amide bonds. The summed E-state index contributed by atoms with van der Waals surface area (Å²) >= 11 is 5.95. The third-order valence-electron chi connectivity index (χ3n) is 3.74. The maximum Gasteiger partial charge on any atom is 0.313 e. The monoisotopic (exact) mass is 363 g/mol. The van der Waals surface area contributed by atoms with E-state index >= 15 is 0 Å². The van der Waals surface area contributed by atoms with Crippen molar-refractivity contribution in [2.24, 2.45) is 5.92 Å². The maximum absolute atomic E-state index is 12.8. The van der Waals surface area contributed by atoms with E-state index < -0.39 is 30.2 Å². The van der Waals surface area contributed by atoms with Crippen molar-refractivity contribution in [1.82, 2.24) is 0 Å². The van der Waals surface area contributed by atoms with Gasteiger partial charge in [0.1, 0.15) is 18.2 Å². The average molecular weight is 364 g/mol. The Bertz CT molecular complexity index is 794. The van der Waals surface area contributed by atoms with Gasteiger partial charge in [0.15, 0.2) is 6.61 Å². The van der Waals surface area contributed by atoms with Crippen LogP contribution in [0.5, 0.6) is 5.75 Å². The Hall–Kier alpha value is -2.60. The largest absolute Gasteiger partial charge is 0.492 e. The first kappa shape index (κ1) is 17.2. The zero-order valence-corrected chi connectivity index (χ0v) is 13.9. The summed E-state index contributed by atoms with van der Waals surface area (Å²) in [5.41, 5.74) is 1.25. The van der Waals surface area contributed by atoms with Crippen molar-refractivity contribution in [3.05, 3.63) is 58.9 Å². The lowest BCUT2D eigenvalue weighted by Crippen LogP contribution is -2.31. The molecule has 0 fully saturated rings. The summed E-state index contributed by atoms with van der Waals surface area (Å²) in [6.07, 6.45) is 0.439. The van der Waals surface area contributed by atoms with Crippen molar-refractivity contribution < 1.29 is 23.5 Å². The molecule has 0 aromatic heterocycles. The molecule has 7 heteroatoms. The molecular formula is C18H15ClFNO4. The number of amides is 1. The van der Waals surface area contributed by atoms with E-state index in [1.54, 1.807) is 18.2 Å². The van der Waals surface area contributed by atoms with Crippen LogP contribution in [0.4, 0.5) is 10.1 Å². The van der Waals surface area contributed by atoms with Crippen LogP contribution in [0.15, 0.2) is 42.5 Å². The molecule has 1 N–H and O–H groups in total. The number of halogens is 2. The second-order valence-electron chi connectivity index (χ2n) is 5.63. The fourth-order valence-corrected chi connectivity index (χ4v) is 2.69. The Morgan fingerprint density at radius 2 is 2.00 bits per heavy atom. The lowest BCUT2D eigenvalue weighted by atomic mass is 9.97. The van der Waals surface area contributed by atoms with E-state index in [2.05, 4.69) is 5.32 Å². The Kier molecular flexibility index (Phi) is 5.19. The van der Waals surface area contributed by atoms with Crippen LogP contribution in [-0.4, -0.2) is 25.1 Å². The number of nitrogens with one attached hydrogen (secondary N) is 1. The highest BCUT2D eigenvalue weighted by Crippen LogP contribution is 2.30. The predicted octanol–water partition coefficient (Wildman–Crippen LogP) is 3.21. The van der Waals surface area contributed by atoms with Crippen LogP contribution >= 0.6 is 11.6 Å².